The van der Waals surface area contributed by atoms with Crippen molar-refractivity contribution in [2.75, 3.05) is 5.32 Å². The van der Waals surface area contributed by atoms with Crippen LogP contribution in [0.5, 0.6) is 5.75 Å². The normalized spacial score (nSPS) is 10.6. The van der Waals surface area contributed by atoms with Crippen LogP contribution in [0.3, 0.4) is 0 Å². The van der Waals surface area contributed by atoms with Crippen LogP contribution >= 0.6 is 23.2 Å². The number of esters is 1. The second-order valence-corrected chi connectivity index (χ2v) is 6.92. The zero-order valence-corrected chi connectivity index (χ0v) is 17.2. The lowest BCUT2D eigenvalue weighted by Gasteiger charge is -2.11. The summed E-state index contributed by atoms with van der Waals surface area (Å²) in [5.41, 5.74) is -0.123. The number of alkyl halides is 1. The molecule has 0 bridgehead atoms. The molecule has 0 unspecified atom stereocenters. The largest absolute Gasteiger partial charge is 0.422 e. The molecule has 0 radical (unpaired) electrons. The number of carbonyl (C=O) groups is 3. The van der Waals surface area contributed by atoms with E-state index >= 15 is 0 Å². The van der Waals surface area contributed by atoms with Gasteiger partial charge in [0, 0.05) is 28.8 Å². The van der Waals surface area contributed by atoms with Crippen molar-refractivity contribution in [1.29, 1.82) is 0 Å². The van der Waals surface area contributed by atoms with E-state index in [0.29, 0.717) is 11.0 Å². The molecule has 3 aromatic rings. The van der Waals surface area contributed by atoms with Gasteiger partial charge in [0.1, 0.15) is 11.1 Å². The minimum atomic E-state index is -1.01. The fourth-order valence-corrected chi connectivity index (χ4v) is 2.92. The standard InChI is InChI=1S/C21H15Cl2NO6/c1-2-16(25)19(26)24-15-5-4-13(23)9-18(15)30-21(28)14-8-12-7-11(10-22)3-6-17(12)29-20(14)27/h3-9H,2,10H2,1H3,(H,24,26). The lowest BCUT2D eigenvalue weighted by molar-refractivity contribution is -0.134. The van der Waals surface area contributed by atoms with E-state index < -0.39 is 23.3 Å². The molecule has 30 heavy (non-hydrogen) atoms. The Kier molecular flexibility index (Phi) is 6.54. The monoisotopic (exact) mass is 447 g/mol. The maximum atomic E-state index is 12.6. The summed E-state index contributed by atoms with van der Waals surface area (Å²) in [6.45, 7) is 1.54. The van der Waals surface area contributed by atoms with Gasteiger partial charge >= 0.3 is 11.6 Å². The highest BCUT2D eigenvalue weighted by molar-refractivity contribution is 6.40. The number of halogens is 2. The van der Waals surface area contributed by atoms with Gasteiger partial charge in [-0.2, -0.15) is 0 Å². The molecule has 3 rings (SSSR count). The molecule has 9 heteroatoms. The Balaban J connectivity index is 1.95. The number of carbonyl (C=O) groups excluding carboxylic acids is 3. The minimum absolute atomic E-state index is 0.0109. The number of fused-ring (bicyclic) bond motifs is 1. The number of anilines is 1. The first-order valence-corrected chi connectivity index (χ1v) is 9.72. The van der Waals surface area contributed by atoms with Crippen LogP contribution in [0.25, 0.3) is 11.0 Å². The van der Waals surface area contributed by atoms with E-state index in [2.05, 4.69) is 5.32 Å². The number of nitrogens with one attached hydrogen (secondary N) is 1. The number of rotatable bonds is 6. The number of benzene rings is 2. The molecule has 1 amide bonds. The summed E-state index contributed by atoms with van der Waals surface area (Å²) in [6, 6.07) is 10.4. The van der Waals surface area contributed by atoms with Crippen molar-refractivity contribution in [2.24, 2.45) is 0 Å². The Hall–Kier alpha value is -3.16. The predicted molar refractivity (Wildman–Crippen MR) is 112 cm³/mol. The molecule has 7 nitrogen and oxygen atoms in total. The molecular formula is C21H15Cl2NO6. The number of ketones is 1. The van der Waals surface area contributed by atoms with Crippen molar-refractivity contribution < 1.29 is 23.5 Å². The van der Waals surface area contributed by atoms with Crippen LogP contribution in [0.2, 0.25) is 5.02 Å². The summed E-state index contributed by atoms with van der Waals surface area (Å²) in [4.78, 5) is 48.3. The molecule has 0 saturated carbocycles. The van der Waals surface area contributed by atoms with Crippen molar-refractivity contribution in [1.82, 2.24) is 0 Å². The zero-order valence-electron chi connectivity index (χ0n) is 15.7. The van der Waals surface area contributed by atoms with Gasteiger partial charge in [-0.3, -0.25) is 9.59 Å². The number of ether oxygens (including phenoxy) is 1. The van der Waals surface area contributed by atoms with E-state index in [1.165, 1.54) is 24.3 Å². The Morgan fingerprint density at radius 3 is 2.57 bits per heavy atom. The van der Waals surface area contributed by atoms with Crippen molar-refractivity contribution in [3.05, 3.63) is 69.0 Å². The van der Waals surface area contributed by atoms with Gasteiger partial charge < -0.3 is 14.5 Å². The lowest BCUT2D eigenvalue weighted by Crippen LogP contribution is -2.23. The summed E-state index contributed by atoms with van der Waals surface area (Å²) in [5, 5.41) is 3.07. The highest BCUT2D eigenvalue weighted by Crippen LogP contribution is 2.29. The number of Topliss-reactive ketones (excluding diaryl/α,β-unsaturated/α-hetero) is 1. The molecule has 1 N–H and O–H groups in total. The van der Waals surface area contributed by atoms with Crippen LogP contribution in [0.15, 0.2) is 51.7 Å². The van der Waals surface area contributed by atoms with Crippen molar-refractivity contribution in [3.8, 4) is 5.75 Å². The Labute approximate surface area is 180 Å². The zero-order chi connectivity index (χ0) is 21.8. The molecule has 0 aliphatic carbocycles. The van der Waals surface area contributed by atoms with Crippen molar-refractivity contribution in [3.63, 3.8) is 0 Å². The van der Waals surface area contributed by atoms with E-state index in [0.717, 1.165) is 5.56 Å². The van der Waals surface area contributed by atoms with E-state index in [-0.39, 0.29) is 34.3 Å². The first-order chi connectivity index (χ1) is 14.3. The third kappa shape index (κ3) is 4.69. The van der Waals surface area contributed by atoms with Crippen LogP contribution in [0.1, 0.15) is 29.3 Å². The second-order valence-electron chi connectivity index (χ2n) is 6.21. The quantitative estimate of drug-likeness (QED) is 0.198. The molecule has 1 heterocycles. The van der Waals surface area contributed by atoms with Gasteiger partial charge in [0.25, 0.3) is 5.91 Å². The van der Waals surface area contributed by atoms with Gasteiger partial charge in [-0.15, -0.1) is 11.6 Å². The van der Waals surface area contributed by atoms with Crippen LogP contribution in [-0.4, -0.2) is 17.7 Å². The fraction of sp³-hybridized carbons (Fsp3) is 0.143. The molecule has 1 aromatic heterocycles. The Bertz CT molecular complexity index is 1220. The highest BCUT2D eigenvalue weighted by Gasteiger charge is 2.20. The minimum Gasteiger partial charge on any atom is -0.422 e. The maximum Gasteiger partial charge on any atom is 0.351 e. The van der Waals surface area contributed by atoms with Crippen LogP contribution in [0, 0.1) is 0 Å². The predicted octanol–water partition coefficient (Wildman–Crippen LogP) is 4.32. The van der Waals surface area contributed by atoms with Gasteiger partial charge in [0.15, 0.2) is 5.75 Å². The lowest BCUT2D eigenvalue weighted by atomic mass is 10.1. The number of hydrogen-bond acceptors (Lipinski definition) is 6. The van der Waals surface area contributed by atoms with E-state index in [1.807, 2.05) is 0 Å². The fourth-order valence-electron chi connectivity index (χ4n) is 2.59. The van der Waals surface area contributed by atoms with Crippen LogP contribution in [0.4, 0.5) is 5.69 Å². The summed E-state index contributed by atoms with van der Waals surface area (Å²) < 4.78 is 10.5. The third-order valence-electron chi connectivity index (χ3n) is 4.14. The molecule has 0 aliphatic heterocycles. The summed E-state index contributed by atoms with van der Waals surface area (Å²) >= 11 is 11.8. The molecule has 0 spiro atoms. The van der Waals surface area contributed by atoms with Gasteiger partial charge in [-0.25, -0.2) is 9.59 Å². The maximum absolute atomic E-state index is 12.6. The summed E-state index contributed by atoms with van der Waals surface area (Å²) in [5.74, 6) is -2.40. The van der Waals surface area contributed by atoms with E-state index in [9.17, 15) is 19.2 Å². The van der Waals surface area contributed by atoms with Crippen LogP contribution in [-0.2, 0) is 15.5 Å². The Morgan fingerprint density at radius 2 is 1.87 bits per heavy atom. The Morgan fingerprint density at radius 1 is 1.10 bits per heavy atom. The molecule has 0 aliphatic rings. The first kappa shape index (κ1) is 21.5. The molecule has 0 atom stereocenters. The van der Waals surface area contributed by atoms with Crippen molar-refractivity contribution in [2.45, 2.75) is 19.2 Å². The molecule has 0 fully saturated rings. The average molecular weight is 448 g/mol. The van der Waals surface area contributed by atoms with Crippen molar-refractivity contribution >= 4 is 57.5 Å². The van der Waals surface area contributed by atoms with E-state index in [4.69, 9.17) is 32.4 Å². The second kappa shape index (κ2) is 9.11. The van der Waals surface area contributed by atoms with E-state index in [1.54, 1.807) is 25.1 Å². The van der Waals surface area contributed by atoms with Gasteiger partial charge in [-0.1, -0.05) is 24.6 Å². The highest BCUT2D eigenvalue weighted by atomic mass is 35.5. The number of amides is 1. The summed E-state index contributed by atoms with van der Waals surface area (Å²) in [7, 11) is 0. The number of hydrogen-bond donors (Lipinski definition) is 1. The molecular weight excluding hydrogens is 433 g/mol. The van der Waals surface area contributed by atoms with Gasteiger partial charge in [0.05, 0.1) is 5.69 Å². The SMILES string of the molecule is CCC(=O)C(=O)Nc1ccc(Cl)cc1OC(=O)c1cc2cc(CCl)ccc2oc1=O. The van der Waals surface area contributed by atoms with Gasteiger partial charge in [0.2, 0.25) is 5.78 Å². The molecule has 154 valence electrons. The average Bonchev–Trinajstić information content (AvgIpc) is 2.73. The molecule has 2 aromatic carbocycles. The summed E-state index contributed by atoms with van der Waals surface area (Å²) in [6.07, 6.45) is 0.0109. The first-order valence-electron chi connectivity index (χ1n) is 8.81. The smallest absolute Gasteiger partial charge is 0.351 e. The third-order valence-corrected chi connectivity index (χ3v) is 4.68. The molecule has 0 saturated heterocycles. The van der Waals surface area contributed by atoms with Gasteiger partial charge in [-0.05, 0) is 35.9 Å². The van der Waals surface area contributed by atoms with Crippen LogP contribution < -0.4 is 15.7 Å². The topological polar surface area (TPSA) is 103 Å².